The van der Waals surface area contributed by atoms with Crippen molar-refractivity contribution in [2.24, 2.45) is 0 Å². The minimum atomic E-state index is -0.339. The van der Waals surface area contributed by atoms with Crippen LogP contribution >= 0.6 is 0 Å². The summed E-state index contributed by atoms with van der Waals surface area (Å²) in [5, 5.41) is 6.44. The van der Waals surface area contributed by atoms with Gasteiger partial charge in [0.15, 0.2) is 0 Å². The van der Waals surface area contributed by atoms with Gasteiger partial charge in [0.2, 0.25) is 17.6 Å². The number of carbonyl (C=O) groups is 2. The van der Waals surface area contributed by atoms with Crippen LogP contribution in [0.15, 0.2) is 53.1 Å². The third-order valence-corrected chi connectivity index (χ3v) is 4.41. The SMILES string of the molecule is CNC(=O)c1ccc(CN(C)C(=O)CCc2nc(-c3ccc(F)cc3)no2)cc1. The predicted molar refractivity (Wildman–Crippen MR) is 104 cm³/mol. The maximum absolute atomic E-state index is 13.0. The van der Waals surface area contributed by atoms with Gasteiger partial charge in [-0.05, 0) is 42.0 Å². The number of hydrogen-bond donors (Lipinski definition) is 1. The highest BCUT2D eigenvalue weighted by atomic mass is 19.1. The van der Waals surface area contributed by atoms with Gasteiger partial charge in [-0.1, -0.05) is 17.3 Å². The fourth-order valence-electron chi connectivity index (χ4n) is 2.75. The van der Waals surface area contributed by atoms with Crippen molar-refractivity contribution < 1.29 is 18.5 Å². The Hall–Kier alpha value is -3.55. The van der Waals surface area contributed by atoms with E-state index in [0.29, 0.717) is 35.8 Å². The summed E-state index contributed by atoms with van der Waals surface area (Å²) in [5.41, 5.74) is 2.13. The summed E-state index contributed by atoms with van der Waals surface area (Å²) in [6.45, 7) is 0.428. The summed E-state index contributed by atoms with van der Waals surface area (Å²) in [5.74, 6) is 0.148. The molecule has 3 rings (SSSR count). The van der Waals surface area contributed by atoms with Crippen molar-refractivity contribution in [2.75, 3.05) is 14.1 Å². The molecule has 3 aromatic rings. The van der Waals surface area contributed by atoms with Crippen molar-refractivity contribution in [3.8, 4) is 11.4 Å². The molecule has 0 aliphatic heterocycles. The summed E-state index contributed by atoms with van der Waals surface area (Å²) in [6, 6.07) is 12.9. The van der Waals surface area contributed by atoms with E-state index in [0.717, 1.165) is 5.56 Å². The van der Waals surface area contributed by atoms with Gasteiger partial charge in [0.05, 0.1) is 0 Å². The van der Waals surface area contributed by atoms with Crippen molar-refractivity contribution in [2.45, 2.75) is 19.4 Å². The standard InChI is InChI=1S/C21H21FN4O3/c1-23-21(28)16-5-3-14(4-6-16)13-26(2)19(27)12-11-18-24-20(25-29-18)15-7-9-17(22)10-8-15/h3-10H,11-13H2,1-2H3,(H,23,28). The summed E-state index contributed by atoms with van der Waals surface area (Å²) in [6.07, 6.45) is 0.533. The third-order valence-electron chi connectivity index (χ3n) is 4.41. The van der Waals surface area contributed by atoms with Crippen LogP contribution in [-0.2, 0) is 17.8 Å². The van der Waals surface area contributed by atoms with Gasteiger partial charge in [-0.2, -0.15) is 4.98 Å². The first-order chi connectivity index (χ1) is 14.0. The lowest BCUT2D eigenvalue weighted by Gasteiger charge is -2.17. The Balaban J connectivity index is 1.52. The van der Waals surface area contributed by atoms with Gasteiger partial charge >= 0.3 is 0 Å². The first-order valence-corrected chi connectivity index (χ1v) is 9.10. The Labute approximate surface area is 167 Å². The maximum Gasteiger partial charge on any atom is 0.251 e. The van der Waals surface area contributed by atoms with Crippen LogP contribution in [0, 0.1) is 5.82 Å². The van der Waals surface area contributed by atoms with E-state index in [-0.39, 0.29) is 24.1 Å². The molecule has 0 saturated heterocycles. The molecule has 1 aromatic heterocycles. The molecule has 2 aromatic carbocycles. The molecule has 0 fully saturated rings. The third kappa shape index (κ3) is 5.25. The minimum absolute atomic E-state index is 0.0677. The Morgan fingerprint density at radius 2 is 1.79 bits per heavy atom. The lowest BCUT2D eigenvalue weighted by atomic mass is 10.1. The van der Waals surface area contributed by atoms with E-state index >= 15 is 0 Å². The molecule has 0 atom stereocenters. The van der Waals surface area contributed by atoms with E-state index in [4.69, 9.17) is 4.52 Å². The highest BCUT2D eigenvalue weighted by Crippen LogP contribution is 2.17. The van der Waals surface area contributed by atoms with Crippen molar-refractivity contribution in [1.29, 1.82) is 0 Å². The fourth-order valence-corrected chi connectivity index (χ4v) is 2.75. The zero-order valence-electron chi connectivity index (χ0n) is 16.2. The molecule has 7 nitrogen and oxygen atoms in total. The van der Waals surface area contributed by atoms with Crippen LogP contribution in [0.25, 0.3) is 11.4 Å². The van der Waals surface area contributed by atoms with Crippen molar-refractivity contribution in [3.05, 3.63) is 71.4 Å². The number of amides is 2. The van der Waals surface area contributed by atoms with Gasteiger partial charge in [0.25, 0.3) is 5.91 Å². The topological polar surface area (TPSA) is 88.3 Å². The molecule has 1 heterocycles. The fraction of sp³-hybridized carbons (Fsp3) is 0.238. The predicted octanol–water partition coefficient (Wildman–Crippen LogP) is 2.83. The lowest BCUT2D eigenvalue weighted by Crippen LogP contribution is -2.26. The van der Waals surface area contributed by atoms with E-state index < -0.39 is 0 Å². The number of hydrogen-bond acceptors (Lipinski definition) is 5. The number of aryl methyl sites for hydroxylation is 1. The quantitative estimate of drug-likeness (QED) is 0.663. The van der Waals surface area contributed by atoms with Crippen molar-refractivity contribution >= 4 is 11.8 Å². The molecule has 0 bridgehead atoms. The Morgan fingerprint density at radius 3 is 2.45 bits per heavy atom. The molecular formula is C21H21FN4O3. The minimum Gasteiger partial charge on any atom is -0.355 e. The molecular weight excluding hydrogens is 375 g/mol. The van der Waals surface area contributed by atoms with E-state index in [1.54, 1.807) is 43.3 Å². The van der Waals surface area contributed by atoms with Gasteiger partial charge in [-0.25, -0.2) is 4.39 Å². The smallest absolute Gasteiger partial charge is 0.251 e. The molecule has 0 spiro atoms. The molecule has 0 unspecified atom stereocenters. The van der Waals surface area contributed by atoms with Crippen LogP contribution in [0.5, 0.6) is 0 Å². The second-order valence-corrected chi connectivity index (χ2v) is 6.54. The first kappa shape index (κ1) is 20.2. The number of nitrogens with one attached hydrogen (secondary N) is 1. The van der Waals surface area contributed by atoms with Gasteiger partial charge < -0.3 is 14.7 Å². The van der Waals surface area contributed by atoms with E-state index in [2.05, 4.69) is 15.5 Å². The van der Waals surface area contributed by atoms with E-state index in [1.165, 1.54) is 12.1 Å². The second-order valence-electron chi connectivity index (χ2n) is 6.54. The molecule has 1 N–H and O–H groups in total. The highest BCUT2D eigenvalue weighted by molar-refractivity contribution is 5.93. The molecule has 0 saturated carbocycles. The molecule has 150 valence electrons. The molecule has 2 amide bonds. The summed E-state index contributed by atoms with van der Waals surface area (Å²) in [7, 11) is 3.29. The number of benzene rings is 2. The van der Waals surface area contributed by atoms with Gasteiger partial charge in [-0.3, -0.25) is 9.59 Å². The van der Waals surface area contributed by atoms with Crippen LogP contribution in [0.1, 0.15) is 28.2 Å². The largest absolute Gasteiger partial charge is 0.355 e. The maximum atomic E-state index is 13.0. The van der Waals surface area contributed by atoms with Gasteiger partial charge in [-0.15, -0.1) is 0 Å². The number of carbonyl (C=O) groups excluding carboxylic acids is 2. The van der Waals surface area contributed by atoms with Crippen LogP contribution < -0.4 is 5.32 Å². The molecule has 0 aliphatic rings. The average Bonchev–Trinajstić information content (AvgIpc) is 3.21. The highest BCUT2D eigenvalue weighted by Gasteiger charge is 2.14. The van der Waals surface area contributed by atoms with Crippen molar-refractivity contribution in [3.63, 3.8) is 0 Å². The Bertz CT molecular complexity index is 984. The number of nitrogens with zero attached hydrogens (tertiary/aromatic N) is 3. The van der Waals surface area contributed by atoms with Crippen LogP contribution in [0.2, 0.25) is 0 Å². The Kier molecular flexibility index (Phi) is 6.33. The van der Waals surface area contributed by atoms with E-state index in [1.807, 2.05) is 12.1 Å². The molecule has 0 aliphatic carbocycles. The summed E-state index contributed by atoms with van der Waals surface area (Å²) >= 11 is 0. The molecule has 0 radical (unpaired) electrons. The average molecular weight is 396 g/mol. The lowest BCUT2D eigenvalue weighted by molar-refractivity contribution is -0.130. The zero-order chi connectivity index (χ0) is 20.8. The number of halogens is 1. The van der Waals surface area contributed by atoms with Crippen LogP contribution in [0.3, 0.4) is 0 Å². The normalized spacial score (nSPS) is 10.6. The zero-order valence-corrected chi connectivity index (χ0v) is 16.2. The molecule has 29 heavy (non-hydrogen) atoms. The van der Waals surface area contributed by atoms with Crippen molar-refractivity contribution in [1.82, 2.24) is 20.4 Å². The van der Waals surface area contributed by atoms with Gasteiger partial charge in [0.1, 0.15) is 5.82 Å². The first-order valence-electron chi connectivity index (χ1n) is 9.10. The van der Waals surface area contributed by atoms with Crippen LogP contribution in [-0.4, -0.2) is 41.0 Å². The number of rotatable bonds is 7. The second kappa shape index (κ2) is 9.09. The summed E-state index contributed by atoms with van der Waals surface area (Å²) < 4.78 is 18.2. The summed E-state index contributed by atoms with van der Waals surface area (Å²) in [4.78, 5) is 29.8. The van der Waals surface area contributed by atoms with E-state index in [9.17, 15) is 14.0 Å². The van der Waals surface area contributed by atoms with Gasteiger partial charge in [0, 0.05) is 44.6 Å². The van der Waals surface area contributed by atoms with Crippen LogP contribution in [0.4, 0.5) is 4.39 Å². The molecule has 8 heteroatoms. The monoisotopic (exact) mass is 396 g/mol. The Morgan fingerprint density at radius 1 is 1.10 bits per heavy atom. The number of aromatic nitrogens is 2.